The van der Waals surface area contributed by atoms with Gasteiger partial charge in [-0.15, -0.1) is 0 Å². The molecule has 0 aromatic carbocycles. The molecule has 1 saturated carbocycles. The van der Waals surface area contributed by atoms with E-state index in [1.54, 1.807) is 0 Å². The molecule has 2 aliphatic carbocycles. The van der Waals surface area contributed by atoms with E-state index in [4.69, 9.17) is 5.73 Å². The average molecular weight is 191 g/mol. The Labute approximate surface area is 87.1 Å². The third kappa shape index (κ3) is 2.48. The van der Waals surface area contributed by atoms with Crippen LogP contribution < -0.4 is 5.73 Å². The fourth-order valence-electron chi connectivity index (χ4n) is 1.92. The van der Waals surface area contributed by atoms with E-state index in [1.165, 1.54) is 25.7 Å². The lowest BCUT2D eigenvalue weighted by atomic mass is 9.83. The van der Waals surface area contributed by atoms with Crippen LogP contribution in [0, 0.1) is 11.3 Å². The van der Waals surface area contributed by atoms with Crippen molar-refractivity contribution in [3.63, 3.8) is 0 Å². The molecular formula is C13H21N. The minimum Gasteiger partial charge on any atom is -0.325 e. The lowest BCUT2D eigenvalue weighted by Gasteiger charge is -2.22. The van der Waals surface area contributed by atoms with E-state index in [0.29, 0.717) is 5.92 Å². The summed E-state index contributed by atoms with van der Waals surface area (Å²) in [6, 6.07) is 0. The lowest BCUT2D eigenvalue weighted by molar-refractivity contribution is 0.519. The Bertz CT molecular complexity index is 253. The van der Waals surface area contributed by atoms with E-state index in [9.17, 15) is 0 Å². The maximum absolute atomic E-state index is 6.07. The first-order chi connectivity index (χ1) is 6.49. The number of allylic oxidation sites excluding steroid dienone is 4. The highest BCUT2D eigenvalue weighted by Gasteiger charge is 2.37. The molecule has 0 radical (unpaired) electrons. The van der Waals surface area contributed by atoms with Crippen molar-refractivity contribution in [1.82, 2.24) is 0 Å². The monoisotopic (exact) mass is 191 g/mol. The SMILES string of the molecule is CC1(C)C=CC(CCC2(N)CC2)C=C1. The molecule has 0 atom stereocenters. The van der Waals surface area contributed by atoms with Crippen LogP contribution in [0.2, 0.25) is 0 Å². The summed E-state index contributed by atoms with van der Waals surface area (Å²) in [5, 5.41) is 0. The molecule has 0 aromatic heterocycles. The maximum atomic E-state index is 6.07. The smallest absolute Gasteiger partial charge is 0.0156 e. The molecule has 0 heterocycles. The van der Waals surface area contributed by atoms with E-state index >= 15 is 0 Å². The van der Waals surface area contributed by atoms with Crippen LogP contribution in [0.25, 0.3) is 0 Å². The van der Waals surface area contributed by atoms with Gasteiger partial charge >= 0.3 is 0 Å². The van der Waals surface area contributed by atoms with Crippen molar-refractivity contribution >= 4 is 0 Å². The van der Waals surface area contributed by atoms with Crippen LogP contribution in [-0.4, -0.2) is 5.54 Å². The first kappa shape index (κ1) is 9.97. The summed E-state index contributed by atoms with van der Waals surface area (Å²) in [7, 11) is 0. The standard InChI is InChI=1S/C13H21N/c1-12(2)6-3-11(4-7-12)5-8-13(14)9-10-13/h3-4,6-7,11H,5,8-10,14H2,1-2H3. The topological polar surface area (TPSA) is 26.0 Å². The van der Waals surface area contributed by atoms with E-state index in [0.717, 1.165) is 0 Å². The van der Waals surface area contributed by atoms with Crippen LogP contribution in [0.1, 0.15) is 39.5 Å². The highest BCUT2D eigenvalue weighted by atomic mass is 14.8. The quantitative estimate of drug-likeness (QED) is 0.682. The second-order valence-electron chi connectivity index (χ2n) is 5.60. The van der Waals surface area contributed by atoms with Gasteiger partial charge in [0.2, 0.25) is 0 Å². The van der Waals surface area contributed by atoms with Crippen molar-refractivity contribution < 1.29 is 0 Å². The van der Waals surface area contributed by atoms with Crippen molar-refractivity contribution in [1.29, 1.82) is 0 Å². The molecule has 1 heteroatoms. The van der Waals surface area contributed by atoms with E-state index < -0.39 is 0 Å². The zero-order valence-corrected chi connectivity index (χ0v) is 9.29. The first-order valence-electron chi connectivity index (χ1n) is 5.67. The van der Waals surface area contributed by atoms with Gasteiger partial charge in [0.25, 0.3) is 0 Å². The summed E-state index contributed by atoms with van der Waals surface area (Å²) in [6.45, 7) is 4.48. The van der Waals surface area contributed by atoms with Crippen LogP contribution in [0.5, 0.6) is 0 Å². The van der Waals surface area contributed by atoms with E-state index in [2.05, 4.69) is 38.2 Å². The highest BCUT2D eigenvalue weighted by molar-refractivity contribution is 5.18. The fourth-order valence-corrected chi connectivity index (χ4v) is 1.92. The van der Waals surface area contributed by atoms with Crippen LogP contribution in [-0.2, 0) is 0 Å². The van der Waals surface area contributed by atoms with Crippen molar-refractivity contribution in [3.05, 3.63) is 24.3 Å². The molecule has 0 bridgehead atoms. The normalized spacial score (nSPS) is 27.9. The minimum absolute atomic E-state index is 0.217. The van der Waals surface area contributed by atoms with Gasteiger partial charge in [-0.1, -0.05) is 38.2 Å². The lowest BCUT2D eigenvalue weighted by Crippen LogP contribution is -2.22. The van der Waals surface area contributed by atoms with Gasteiger partial charge in [0.1, 0.15) is 0 Å². The zero-order valence-electron chi connectivity index (χ0n) is 9.29. The third-order valence-corrected chi connectivity index (χ3v) is 3.41. The Balaban J connectivity index is 1.81. The second kappa shape index (κ2) is 3.23. The predicted molar refractivity (Wildman–Crippen MR) is 60.9 cm³/mol. The van der Waals surface area contributed by atoms with Crippen molar-refractivity contribution in [2.45, 2.75) is 45.1 Å². The second-order valence-corrected chi connectivity index (χ2v) is 5.60. The Morgan fingerprint density at radius 3 is 2.29 bits per heavy atom. The van der Waals surface area contributed by atoms with Gasteiger partial charge in [0, 0.05) is 11.0 Å². The Morgan fingerprint density at radius 1 is 1.21 bits per heavy atom. The molecule has 0 amide bonds. The Hall–Kier alpha value is -0.560. The molecule has 1 nitrogen and oxygen atoms in total. The molecule has 78 valence electrons. The summed E-state index contributed by atoms with van der Waals surface area (Å²) in [6.07, 6.45) is 14.2. The van der Waals surface area contributed by atoms with E-state index in [1.807, 2.05) is 0 Å². The average Bonchev–Trinajstić information content (AvgIpc) is 2.83. The predicted octanol–water partition coefficient (Wildman–Crippen LogP) is 3.03. The maximum Gasteiger partial charge on any atom is 0.0156 e. The van der Waals surface area contributed by atoms with Crippen molar-refractivity contribution in [3.8, 4) is 0 Å². The van der Waals surface area contributed by atoms with Gasteiger partial charge in [-0.25, -0.2) is 0 Å². The number of hydrogen-bond acceptors (Lipinski definition) is 1. The summed E-state index contributed by atoms with van der Waals surface area (Å²) < 4.78 is 0. The van der Waals surface area contributed by atoms with Crippen molar-refractivity contribution in [2.24, 2.45) is 17.1 Å². The highest BCUT2D eigenvalue weighted by Crippen LogP contribution is 2.38. The summed E-state index contributed by atoms with van der Waals surface area (Å²) in [5.41, 5.74) is 6.55. The molecule has 2 N–H and O–H groups in total. The van der Waals surface area contributed by atoms with Gasteiger partial charge in [0.15, 0.2) is 0 Å². The van der Waals surface area contributed by atoms with Crippen molar-refractivity contribution in [2.75, 3.05) is 0 Å². The van der Waals surface area contributed by atoms with Crippen LogP contribution in [0.15, 0.2) is 24.3 Å². The molecule has 0 aromatic rings. The van der Waals surface area contributed by atoms with Gasteiger partial charge in [-0.05, 0) is 31.6 Å². The molecule has 0 saturated heterocycles. The zero-order chi connectivity index (χ0) is 10.2. The molecular weight excluding hydrogens is 170 g/mol. The Kier molecular flexibility index (Phi) is 2.30. The summed E-state index contributed by atoms with van der Waals surface area (Å²) >= 11 is 0. The molecule has 2 aliphatic rings. The van der Waals surface area contributed by atoms with Gasteiger partial charge in [-0.3, -0.25) is 0 Å². The fraction of sp³-hybridized carbons (Fsp3) is 0.692. The largest absolute Gasteiger partial charge is 0.325 e. The molecule has 0 aliphatic heterocycles. The molecule has 1 fully saturated rings. The van der Waals surface area contributed by atoms with Gasteiger partial charge in [-0.2, -0.15) is 0 Å². The first-order valence-corrected chi connectivity index (χ1v) is 5.67. The van der Waals surface area contributed by atoms with Crippen LogP contribution in [0.4, 0.5) is 0 Å². The van der Waals surface area contributed by atoms with E-state index in [-0.39, 0.29) is 11.0 Å². The summed E-state index contributed by atoms with van der Waals surface area (Å²) in [4.78, 5) is 0. The van der Waals surface area contributed by atoms with Crippen LogP contribution in [0.3, 0.4) is 0 Å². The van der Waals surface area contributed by atoms with Gasteiger partial charge in [0.05, 0.1) is 0 Å². The number of hydrogen-bond donors (Lipinski definition) is 1. The summed E-state index contributed by atoms with van der Waals surface area (Å²) in [5.74, 6) is 0.629. The third-order valence-electron chi connectivity index (χ3n) is 3.41. The molecule has 2 rings (SSSR count). The Morgan fingerprint density at radius 2 is 1.79 bits per heavy atom. The molecule has 0 spiro atoms. The minimum atomic E-state index is 0.217. The number of rotatable bonds is 3. The molecule has 14 heavy (non-hydrogen) atoms. The van der Waals surface area contributed by atoms with Crippen LogP contribution >= 0.6 is 0 Å². The number of nitrogens with two attached hydrogens (primary N) is 1. The van der Waals surface area contributed by atoms with Gasteiger partial charge < -0.3 is 5.73 Å². The molecule has 0 unspecified atom stereocenters.